The SMILES string of the molecule is COc1ccc(SCl)c(F)c1. The van der Waals surface area contributed by atoms with E-state index >= 15 is 0 Å². The van der Waals surface area contributed by atoms with Crippen molar-refractivity contribution in [3.05, 3.63) is 24.0 Å². The lowest BCUT2D eigenvalue weighted by Crippen LogP contribution is -1.84. The smallest absolute Gasteiger partial charge is 0.141 e. The van der Waals surface area contributed by atoms with Gasteiger partial charge in [-0.1, -0.05) is 0 Å². The molecule has 1 aromatic carbocycles. The van der Waals surface area contributed by atoms with Crippen LogP contribution in [0, 0.1) is 5.82 Å². The van der Waals surface area contributed by atoms with Gasteiger partial charge in [-0.05, 0) is 33.8 Å². The van der Waals surface area contributed by atoms with E-state index in [2.05, 4.69) is 0 Å². The van der Waals surface area contributed by atoms with Gasteiger partial charge in [-0.2, -0.15) is 0 Å². The highest BCUT2D eigenvalue weighted by Crippen LogP contribution is 2.27. The van der Waals surface area contributed by atoms with Crippen LogP contribution in [-0.4, -0.2) is 7.11 Å². The van der Waals surface area contributed by atoms with Crippen molar-refractivity contribution in [1.82, 2.24) is 0 Å². The van der Waals surface area contributed by atoms with Crippen molar-refractivity contribution >= 4 is 21.7 Å². The van der Waals surface area contributed by atoms with Crippen molar-refractivity contribution < 1.29 is 9.13 Å². The third-order valence-corrected chi connectivity index (χ3v) is 2.22. The zero-order valence-corrected chi connectivity index (χ0v) is 7.38. The van der Waals surface area contributed by atoms with E-state index in [1.165, 1.54) is 13.2 Å². The Labute approximate surface area is 73.0 Å². The van der Waals surface area contributed by atoms with Crippen molar-refractivity contribution in [3.8, 4) is 5.75 Å². The Bertz CT molecular complexity index is 254. The van der Waals surface area contributed by atoms with Gasteiger partial charge < -0.3 is 4.74 Å². The Morgan fingerprint density at radius 1 is 1.55 bits per heavy atom. The largest absolute Gasteiger partial charge is 0.497 e. The number of rotatable bonds is 2. The molecule has 1 nitrogen and oxygen atoms in total. The molecule has 0 saturated carbocycles. The van der Waals surface area contributed by atoms with Gasteiger partial charge in [0.15, 0.2) is 0 Å². The average molecular weight is 193 g/mol. The first-order valence-electron chi connectivity index (χ1n) is 2.90. The van der Waals surface area contributed by atoms with E-state index in [9.17, 15) is 4.39 Å². The molecule has 0 atom stereocenters. The molecule has 0 aliphatic rings. The normalized spacial score (nSPS) is 9.73. The number of ether oxygens (including phenoxy) is 1. The van der Waals surface area contributed by atoms with E-state index in [1.54, 1.807) is 12.1 Å². The number of hydrogen-bond donors (Lipinski definition) is 0. The van der Waals surface area contributed by atoms with Gasteiger partial charge in [-0.15, -0.1) is 0 Å². The summed E-state index contributed by atoms with van der Waals surface area (Å²) in [6, 6.07) is 4.53. The fourth-order valence-electron chi connectivity index (χ4n) is 0.671. The molecule has 0 radical (unpaired) electrons. The molecule has 1 rings (SSSR count). The molecule has 0 aliphatic carbocycles. The number of halogens is 2. The molecule has 0 saturated heterocycles. The Hall–Kier alpha value is -0.410. The molecule has 11 heavy (non-hydrogen) atoms. The number of methoxy groups -OCH3 is 1. The van der Waals surface area contributed by atoms with Crippen LogP contribution in [-0.2, 0) is 0 Å². The summed E-state index contributed by atoms with van der Waals surface area (Å²) in [6.45, 7) is 0. The summed E-state index contributed by atoms with van der Waals surface area (Å²) < 4.78 is 17.7. The molecule has 0 heterocycles. The third-order valence-electron chi connectivity index (χ3n) is 1.22. The first kappa shape index (κ1) is 8.68. The molecule has 0 bridgehead atoms. The van der Waals surface area contributed by atoms with Crippen LogP contribution in [0.2, 0.25) is 0 Å². The monoisotopic (exact) mass is 192 g/mol. The third kappa shape index (κ3) is 2.01. The van der Waals surface area contributed by atoms with Crippen LogP contribution in [0.1, 0.15) is 0 Å². The van der Waals surface area contributed by atoms with Crippen LogP contribution in [0.3, 0.4) is 0 Å². The summed E-state index contributed by atoms with van der Waals surface area (Å²) in [5, 5.41) is 0. The van der Waals surface area contributed by atoms with Crippen molar-refractivity contribution in [3.63, 3.8) is 0 Å². The highest BCUT2D eigenvalue weighted by molar-refractivity contribution is 8.21. The molecule has 0 amide bonds. The molecule has 0 aromatic heterocycles. The van der Waals surface area contributed by atoms with Crippen LogP contribution in [0.5, 0.6) is 5.75 Å². The minimum absolute atomic E-state index is 0.357. The lowest BCUT2D eigenvalue weighted by atomic mass is 10.3. The minimum atomic E-state index is -0.357. The van der Waals surface area contributed by atoms with Crippen LogP contribution in [0.4, 0.5) is 4.39 Å². The Morgan fingerprint density at radius 3 is 2.73 bits per heavy atom. The summed E-state index contributed by atoms with van der Waals surface area (Å²) in [6.07, 6.45) is 0. The van der Waals surface area contributed by atoms with Crippen LogP contribution < -0.4 is 4.74 Å². The van der Waals surface area contributed by atoms with Crippen molar-refractivity contribution in [2.75, 3.05) is 7.11 Å². The quantitative estimate of drug-likeness (QED) is 0.712. The van der Waals surface area contributed by atoms with Gasteiger partial charge in [0.1, 0.15) is 11.6 Å². The fourth-order valence-corrected chi connectivity index (χ4v) is 1.30. The van der Waals surface area contributed by atoms with Crippen LogP contribution >= 0.6 is 21.7 Å². The maximum absolute atomic E-state index is 12.9. The molecule has 0 N–H and O–H groups in total. The van der Waals surface area contributed by atoms with E-state index in [1.807, 2.05) is 0 Å². The molecule has 60 valence electrons. The predicted octanol–water partition coefficient (Wildman–Crippen LogP) is 3.08. The van der Waals surface area contributed by atoms with E-state index in [4.69, 9.17) is 15.4 Å². The molecule has 4 heteroatoms. The van der Waals surface area contributed by atoms with E-state index < -0.39 is 0 Å². The zero-order valence-electron chi connectivity index (χ0n) is 5.80. The summed E-state index contributed by atoms with van der Waals surface area (Å²) in [5.41, 5.74) is 0. The second-order valence-electron chi connectivity index (χ2n) is 1.87. The van der Waals surface area contributed by atoms with Crippen LogP contribution in [0.15, 0.2) is 23.1 Å². The first-order chi connectivity index (χ1) is 5.27. The molecule has 0 fully saturated rings. The summed E-state index contributed by atoms with van der Waals surface area (Å²) >= 11 is 0. The number of benzene rings is 1. The second-order valence-corrected chi connectivity index (χ2v) is 2.93. The van der Waals surface area contributed by atoms with Gasteiger partial charge in [0.05, 0.1) is 12.0 Å². The standard InChI is InChI=1S/C7H6ClFOS/c1-10-5-2-3-7(11-8)6(9)4-5/h2-4H,1H3. The Morgan fingerprint density at radius 2 is 2.27 bits per heavy atom. The van der Waals surface area contributed by atoms with E-state index in [0.29, 0.717) is 10.6 Å². The van der Waals surface area contributed by atoms with Gasteiger partial charge in [0.2, 0.25) is 0 Å². The maximum atomic E-state index is 12.9. The van der Waals surface area contributed by atoms with Crippen molar-refractivity contribution in [1.29, 1.82) is 0 Å². The van der Waals surface area contributed by atoms with Gasteiger partial charge in [0, 0.05) is 6.07 Å². The highest BCUT2D eigenvalue weighted by atomic mass is 35.7. The molecular weight excluding hydrogens is 187 g/mol. The summed E-state index contributed by atoms with van der Waals surface area (Å²) in [5.74, 6) is 0.140. The topological polar surface area (TPSA) is 9.23 Å². The van der Waals surface area contributed by atoms with Gasteiger partial charge in [-0.25, -0.2) is 4.39 Å². The maximum Gasteiger partial charge on any atom is 0.141 e. The lowest BCUT2D eigenvalue weighted by molar-refractivity contribution is 0.410. The molecule has 0 aliphatic heterocycles. The van der Waals surface area contributed by atoms with Crippen molar-refractivity contribution in [2.24, 2.45) is 0 Å². The molecule has 0 spiro atoms. The Kier molecular flexibility index (Phi) is 3.02. The van der Waals surface area contributed by atoms with Gasteiger partial charge in [-0.3, -0.25) is 0 Å². The van der Waals surface area contributed by atoms with Gasteiger partial charge >= 0.3 is 0 Å². The molecule has 1 aromatic rings. The Balaban J connectivity index is 2.99. The lowest BCUT2D eigenvalue weighted by Gasteiger charge is -2.00. The van der Waals surface area contributed by atoms with Crippen LogP contribution in [0.25, 0.3) is 0 Å². The predicted molar refractivity (Wildman–Crippen MR) is 44.7 cm³/mol. The summed E-state index contributed by atoms with van der Waals surface area (Å²) in [4.78, 5) is 0.410. The number of hydrogen-bond acceptors (Lipinski definition) is 2. The van der Waals surface area contributed by atoms with Crippen molar-refractivity contribution in [2.45, 2.75) is 4.90 Å². The van der Waals surface area contributed by atoms with E-state index in [-0.39, 0.29) is 5.82 Å². The first-order valence-corrected chi connectivity index (χ1v) is 4.54. The average Bonchev–Trinajstić information content (AvgIpc) is 2.04. The summed E-state index contributed by atoms with van der Waals surface area (Å²) in [7, 11) is 7.71. The van der Waals surface area contributed by atoms with E-state index in [0.717, 1.165) is 11.0 Å². The second kappa shape index (κ2) is 3.83. The zero-order chi connectivity index (χ0) is 8.27. The van der Waals surface area contributed by atoms with Gasteiger partial charge in [0.25, 0.3) is 0 Å². The molecule has 0 unspecified atom stereocenters. The fraction of sp³-hybridized carbons (Fsp3) is 0.143. The minimum Gasteiger partial charge on any atom is -0.497 e. The molecular formula is C7H6ClFOS. The highest BCUT2D eigenvalue weighted by Gasteiger charge is 2.02.